The molecule has 0 amide bonds. The van der Waals surface area contributed by atoms with Crippen LogP contribution in [-0.4, -0.2) is 6.71 Å². The zero-order valence-electron chi connectivity index (χ0n) is 22.9. The molecule has 1 heteroatoms. The Morgan fingerprint density at radius 2 is 0.838 bits per heavy atom. The Morgan fingerprint density at radius 3 is 1.30 bits per heavy atom. The fraction of sp³-hybridized carbons (Fsp3) is 0.167. The average Bonchev–Trinajstić information content (AvgIpc) is 2.87. The maximum absolute atomic E-state index is 2.44. The van der Waals surface area contributed by atoms with Crippen molar-refractivity contribution in [3.8, 4) is 22.3 Å². The molecule has 0 saturated carbocycles. The maximum atomic E-state index is 2.44. The van der Waals surface area contributed by atoms with Crippen LogP contribution in [0.3, 0.4) is 0 Å². The SMILES string of the molecule is Cc1cc(C)c(B(c2cc(-c3ccccc3)ccc2-c2ccccc2)c2c(C)cc(C)cc2C)c(C)c1. The standard InChI is InChI=1S/C36H35B/c1-24-19-26(3)35(27(4)20-24)37(36-28(5)21-25(2)22-29(36)6)34-23-32(30-13-9-7-10-14-30)17-18-33(34)31-15-11-8-12-16-31/h7-23H,1-6H3. The Labute approximate surface area is 223 Å². The van der Waals surface area contributed by atoms with Gasteiger partial charge in [-0.25, -0.2) is 0 Å². The highest BCUT2D eigenvalue weighted by molar-refractivity contribution is 6.97. The van der Waals surface area contributed by atoms with Crippen LogP contribution in [0.5, 0.6) is 0 Å². The van der Waals surface area contributed by atoms with Crippen molar-refractivity contribution >= 4 is 23.1 Å². The van der Waals surface area contributed by atoms with E-state index in [9.17, 15) is 0 Å². The number of aryl methyl sites for hydroxylation is 6. The van der Waals surface area contributed by atoms with Crippen LogP contribution in [0.15, 0.2) is 103 Å². The second-order valence-corrected chi connectivity index (χ2v) is 10.6. The van der Waals surface area contributed by atoms with Crippen LogP contribution in [0, 0.1) is 41.5 Å². The van der Waals surface area contributed by atoms with Crippen LogP contribution in [0.4, 0.5) is 0 Å². The lowest BCUT2D eigenvalue weighted by molar-refractivity contribution is 1.34. The molecule has 37 heavy (non-hydrogen) atoms. The molecule has 5 aromatic carbocycles. The van der Waals surface area contributed by atoms with Gasteiger partial charge in [-0.05, 0) is 63.8 Å². The van der Waals surface area contributed by atoms with Crippen molar-refractivity contribution < 1.29 is 0 Å². The Kier molecular flexibility index (Phi) is 6.89. The predicted molar refractivity (Wildman–Crippen MR) is 163 cm³/mol. The fourth-order valence-electron chi connectivity index (χ4n) is 6.24. The van der Waals surface area contributed by atoms with Gasteiger partial charge in [-0.1, -0.05) is 153 Å². The van der Waals surface area contributed by atoms with E-state index < -0.39 is 0 Å². The summed E-state index contributed by atoms with van der Waals surface area (Å²) in [4.78, 5) is 0. The van der Waals surface area contributed by atoms with Crippen molar-refractivity contribution in [1.82, 2.24) is 0 Å². The lowest BCUT2D eigenvalue weighted by Gasteiger charge is -2.27. The Morgan fingerprint density at radius 1 is 0.405 bits per heavy atom. The molecule has 0 N–H and O–H groups in total. The average molecular weight is 478 g/mol. The van der Waals surface area contributed by atoms with E-state index in [4.69, 9.17) is 0 Å². The maximum Gasteiger partial charge on any atom is 0.243 e. The molecule has 0 bridgehead atoms. The molecule has 5 rings (SSSR count). The minimum Gasteiger partial charge on any atom is -0.0629 e. The summed E-state index contributed by atoms with van der Waals surface area (Å²) in [6, 6.07) is 38.0. The second-order valence-electron chi connectivity index (χ2n) is 10.6. The molecule has 5 aromatic rings. The van der Waals surface area contributed by atoms with Crippen molar-refractivity contribution in [3.63, 3.8) is 0 Å². The molecule has 0 aromatic heterocycles. The van der Waals surface area contributed by atoms with Gasteiger partial charge in [0.05, 0.1) is 0 Å². The van der Waals surface area contributed by atoms with Gasteiger partial charge in [0.2, 0.25) is 6.71 Å². The summed E-state index contributed by atoms with van der Waals surface area (Å²) >= 11 is 0. The van der Waals surface area contributed by atoms with Gasteiger partial charge in [-0.15, -0.1) is 0 Å². The van der Waals surface area contributed by atoms with E-state index in [0.717, 1.165) is 0 Å². The zero-order valence-corrected chi connectivity index (χ0v) is 22.9. The lowest BCUT2D eigenvalue weighted by Crippen LogP contribution is -2.56. The van der Waals surface area contributed by atoms with E-state index in [1.54, 1.807) is 0 Å². The molecule has 0 aliphatic rings. The fourth-order valence-corrected chi connectivity index (χ4v) is 6.24. The molecule has 0 unspecified atom stereocenters. The highest BCUT2D eigenvalue weighted by Gasteiger charge is 2.30. The van der Waals surface area contributed by atoms with E-state index in [1.807, 2.05) is 0 Å². The van der Waals surface area contributed by atoms with Crippen LogP contribution in [0.2, 0.25) is 0 Å². The van der Waals surface area contributed by atoms with Crippen molar-refractivity contribution in [2.45, 2.75) is 41.5 Å². The van der Waals surface area contributed by atoms with Crippen LogP contribution in [0.25, 0.3) is 22.3 Å². The van der Waals surface area contributed by atoms with Gasteiger partial charge in [0.25, 0.3) is 0 Å². The van der Waals surface area contributed by atoms with Gasteiger partial charge < -0.3 is 0 Å². The highest BCUT2D eigenvalue weighted by atomic mass is 14.2. The molecule has 0 aliphatic carbocycles. The molecule has 0 radical (unpaired) electrons. The smallest absolute Gasteiger partial charge is 0.0629 e. The topological polar surface area (TPSA) is 0 Å². The van der Waals surface area contributed by atoms with E-state index >= 15 is 0 Å². The zero-order chi connectivity index (χ0) is 26.1. The number of hydrogen-bond donors (Lipinski definition) is 0. The van der Waals surface area contributed by atoms with Crippen LogP contribution in [0.1, 0.15) is 33.4 Å². The molecule has 0 fully saturated rings. The van der Waals surface area contributed by atoms with Gasteiger partial charge in [0.15, 0.2) is 0 Å². The van der Waals surface area contributed by atoms with Gasteiger partial charge in [-0.3, -0.25) is 0 Å². The molecule has 182 valence electrons. The Hall–Kier alpha value is -3.84. The summed E-state index contributed by atoms with van der Waals surface area (Å²) in [5.74, 6) is 0. The van der Waals surface area contributed by atoms with Gasteiger partial charge in [0, 0.05) is 0 Å². The molecule has 0 spiro atoms. The number of hydrogen-bond acceptors (Lipinski definition) is 0. The highest BCUT2D eigenvalue weighted by Crippen LogP contribution is 2.25. The summed E-state index contributed by atoms with van der Waals surface area (Å²) < 4.78 is 0. The van der Waals surface area contributed by atoms with Crippen molar-refractivity contribution in [1.29, 1.82) is 0 Å². The van der Waals surface area contributed by atoms with E-state index in [1.165, 1.54) is 72.0 Å². The van der Waals surface area contributed by atoms with E-state index in [0.29, 0.717) is 0 Å². The van der Waals surface area contributed by atoms with Crippen LogP contribution < -0.4 is 16.4 Å². The van der Waals surface area contributed by atoms with Gasteiger partial charge in [-0.2, -0.15) is 0 Å². The first-order valence-electron chi connectivity index (χ1n) is 13.2. The van der Waals surface area contributed by atoms with Crippen LogP contribution in [-0.2, 0) is 0 Å². The van der Waals surface area contributed by atoms with E-state index in [-0.39, 0.29) is 6.71 Å². The first-order valence-corrected chi connectivity index (χ1v) is 13.2. The third kappa shape index (κ3) is 4.92. The first-order chi connectivity index (χ1) is 17.8. The monoisotopic (exact) mass is 478 g/mol. The summed E-state index contributed by atoms with van der Waals surface area (Å²) in [6.45, 7) is 13.7. The molecular weight excluding hydrogens is 443 g/mol. The molecule has 0 heterocycles. The number of rotatable bonds is 5. The largest absolute Gasteiger partial charge is 0.243 e. The molecule has 0 nitrogen and oxygen atoms in total. The summed E-state index contributed by atoms with van der Waals surface area (Å²) in [5.41, 5.74) is 17.3. The molecule has 0 aliphatic heterocycles. The number of benzene rings is 5. The van der Waals surface area contributed by atoms with Gasteiger partial charge >= 0.3 is 0 Å². The summed E-state index contributed by atoms with van der Waals surface area (Å²) in [6.07, 6.45) is 0. The van der Waals surface area contributed by atoms with Gasteiger partial charge in [0.1, 0.15) is 0 Å². The quantitative estimate of drug-likeness (QED) is 0.231. The van der Waals surface area contributed by atoms with Crippen molar-refractivity contribution in [2.75, 3.05) is 0 Å². The minimum absolute atomic E-state index is 0.125. The van der Waals surface area contributed by atoms with Crippen LogP contribution >= 0.6 is 0 Å². The normalized spacial score (nSPS) is 11.0. The van der Waals surface area contributed by atoms with Crippen molar-refractivity contribution in [3.05, 3.63) is 137 Å². The Balaban J connectivity index is 1.89. The summed E-state index contributed by atoms with van der Waals surface area (Å²) in [5, 5.41) is 0. The van der Waals surface area contributed by atoms with E-state index in [2.05, 4.69) is 145 Å². The third-order valence-corrected chi connectivity index (χ3v) is 7.61. The first kappa shape index (κ1) is 24.8. The third-order valence-electron chi connectivity index (χ3n) is 7.61. The summed E-state index contributed by atoms with van der Waals surface area (Å²) in [7, 11) is 0. The predicted octanol–water partition coefficient (Wildman–Crippen LogP) is 7.39. The minimum atomic E-state index is 0.125. The molecular formula is C36H35B. The second kappa shape index (κ2) is 10.3. The lowest BCUT2D eigenvalue weighted by atomic mass is 9.33. The molecule has 0 atom stereocenters. The Bertz CT molecular complexity index is 1460. The van der Waals surface area contributed by atoms with Crippen molar-refractivity contribution in [2.24, 2.45) is 0 Å². The molecule has 0 saturated heterocycles.